The molecule has 1 aliphatic heterocycles. The van der Waals surface area contributed by atoms with Crippen LogP contribution >= 0.6 is 0 Å². The van der Waals surface area contributed by atoms with Crippen molar-refractivity contribution >= 4 is 11.7 Å². The van der Waals surface area contributed by atoms with Crippen molar-refractivity contribution in [2.45, 2.75) is 18.9 Å². The quantitative estimate of drug-likeness (QED) is 0.768. The van der Waals surface area contributed by atoms with Crippen molar-refractivity contribution < 1.29 is 19.4 Å². The lowest BCUT2D eigenvalue weighted by Crippen LogP contribution is -2.41. The fourth-order valence-corrected chi connectivity index (χ4v) is 4.03. The Morgan fingerprint density at radius 3 is 2.45 bits per heavy atom. The summed E-state index contributed by atoms with van der Waals surface area (Å²) in [4.78, 5) is 16.0. The molecule has 6 heteroatoms. The third kappa shape index (κ3) is 4.65. The lowest BCUT2D eigenvalue weighted by molar-refractivity contribution is -0.143. The van der Waals surface area contributed by atoms with Crippen LogP contribution in [0.5, 0.6) is 11.5 Å². The van der Waals surface area contributed by atoms with Gasteiger partial charge in [-0.3, -0.25) is 9.69 Å². The van der Waals surface area contributed by atoms with Gasteiger partial charge in [0, 0.05) is 38.0 Å². The van der Waals surface area contributed by atoms with E-state index in [0.29, 0.717) is 6.54 Å². The molecule has 1 saturated heterocycles. The lowest BCUT2D eigenvalue weighted by Gasteiger charge is -2.38. The van der Waals surface area contributed by atoms with Crippen LogP contribution in [0, 0.1) is 5.92 Å². The maximum absolute atomic E-state index is 11.6. The molecule has 1 fully saturated rings. The number of anilines is 1. The number of carboxylic acids is 1. The molecule has 2 atom stereocenters. The highest BCUT2D eigenvalue weighted by Crippen LogP contribution is 2.39. The summed E-state index contributed by atoms with van der Waals surface area (Å²) in [6.07, 6.45) is 1.58. The second kappa shape index (κ2) is 9.18. The topological polar surface area (TPSA) is 62.2 Å². The van der Waals surface area contributed by atoms with E-state index in [1.54, 1.807) is 14.2 Å². The Hall–Kier alpha value is -2.73. The fourth-order valence-electron chi connectivity index (χ4n) is 4.03. The van der Waals surface area contributed by atoms with Crippen molar-refractivity contribution in [2.75, 3.05) is 46.3 Å². The molecule has 0 aliphatic carbocycles. The maximum atomic E-state index is 11.6. The largest absolute Gasteiger partial charge is 0.497 e. The highest BCUT2D eigenvalue weighted by molar-refractivity contribution is 5.70. The van der Waals surface area contributed by atoms with Gasteiger partial charge < -0.3 is 19.5 Å². The normalized spacial score (nSPS) is 18.1. The molecule has 2 unspecified atom stereocenters. The predicted octanol–water partition coefficient (Wildman–Crippen LogP) is 3.66. The van der Waals surface area contributed by atoms with Crippen molar-refractivity contribution in [3.8, 4) is 11.5 Å². The van der Waals surface area contributed by atoms with Crippen LogP contribution in [0.2, 0.25) is 0 Å². The maximum Gasteiger partial charge on any atom is 0.307 e. The monoisotopic (exact) mass is 398 g/mol. The number of aliphatic carboxylic acids is 1. The molecular weight excluding hydrogens is 368 g/mol. The van der Waals surface area contributed by atoms with Gasteiger partial charge in [-0.15, -0.1) is 0 Å². The molecule has 1 aliphatic rings. The molecule has 3 rings (SSSR count). The van der Waals surface area contributed by atoms with Crippen LogP contribution in [0.3, 0.4) is 0 Å². The predicted molar refractivity (Wildman–Crippen MR) is 114 cm³/mol. The van der Waals surface area contributed by atoms with E-state index >= 15 is 0 Å². The van der Waals surface area contributed by atoms with Crippen molar-refractivity contribution in [3.63, 3.8) is 0 Å². The van der Waals surface area contributed by atoms with Crippen molar-refractivity contribution in [1.82, 2.24) is 4.90 Å². The summed E-state index contributed by atoms with van der Waals surface area (Å²) in [6.45, 7) is 1.36. The Bertz CT molecular complexity index is 835. The summed E-state index contributed by atoms with van der Waals surface area (Å²) in [7, 11) is 7.32. The zero-order valence-corrected chi connectivity index (χ0v) is 17.6. The first-order valence-corrected chi connectivity index (χ1v) is 9.90. The van der Waals surface area contributed by atoms with Gasteiger partial charge in [0.2, 0.25) is 0 Å². The van der Waals surface area contributed by atoms with Crippen LogP contribution in [0.1, 0.15) is 30.0 Å². The van der Waals surface area contributed by atoms with Gasteiger partial charge in [0.15, 0.2) is 0 Å². The Labute approximate surface area is 172 Å². The van der Waals surface area contributed by atoms with Crippen LogP contribution in [0.4, 0.5) is 5.69 Å². The molecule has 2 aromatic carbocycles. The number of rotatable bonds is 7. The van der Waals surface area contributed by atoms with Gasteiger partial charge in [-0.2, -0.15) is 0 Å². The Morgan fingerprint density at radius 1 is 1.14 bits per heavy atom. The minimum Gasteiger partial charge on any atom is -0.497 e. The smallest absolute Gasteiger partial charge is 0.307 e. The minimum atomic E-state index is -0.724. The van der Waals surface area contributed by atoms with E-state index in [9.17, 15) is 9.90 Å². The number of methoxy groups -OCH3 is 2. The highest BCUT2D eigenvalue weighted by Gasteiger charge is 2.32. The lowest BCUT2D eigenvalue weighted by atomic mass is 9.91. The van der Waals surface area contributed by atoms with Gasteiger partial charge in [-0.25, -0.2) is 0 Å². The Morgan fingerprint density at radius 2 is 1.86 bits per heavy atom. The van der Waals surface area contributed by atoms with Gasteiger partial charge in [-0.1, -0.05) is 12.1 Å². The van der Waals surface area contributed by atoms with E-state index in [4.69, 9.17) is 9.47 Å². The summed E-state index contributed by atoms with van der Waals surface area (Å²) in [5.41, 5.74) is 3.25. The van der Waals surface area contributed by atoms with E-state index in [0.717, 1.165) is 47.7 Å². The number of piperidine rings is 1. The zero-order chi connectivity index (χ0) is 21.0. The number of carboxylic acid groups (broad SMARTS) is 1. The first kappa shape index (κ1) is 21.0. The molecule has 6 nitrogen and oxygen atoms in total. The summed E-state index contributed by atoms with van der Waals surface area (Å²) in [5.74, 6) is 0.396. The Balaban J connectivity index is 2.05. The first-order valence-electron chi connectivity index (χ1n) is 9.90. The zero-order valence-electron chi connectivity index (χ0n) is 17.6. The summed E-state index contributed by atoms with van der Waals surface area (Å²) < 4.78 is 11.0. The Kier molecular flexibility index (Phi) is 6.64. The second-order valence-corrected chi connectivity index (χ2v) is 7.67. The second-order valence-electron chi connectivity index (χ2n) is 7.67. The van der Waals surface area contributed by atoms with Crippen molar-refractivity contribution in [1.29, 1.82) is 0 Å². The van der Waals surface area contributed by atoms with Gasteiger partial charge in [0.25, 0.3) is 0 Å². The minimum absolute atomic E-state index is 0.0887. The number of benzene rings is 2. The van der Waals surface area contributed by atoms with Crippen LogP contribution in [0.25, 0.3) is 0 Å². The third-order valence-corrected chi connectivity index (χ3v) is 5.63. The summed E-state index contributed by atoms with van der Waals surface area (Å²) in [6, 6.07) is 14.2. The van der Waals surface area contributed by atoms with Crippen LogP contribution < -0.4 is 14.4 Å². The third-order valence-electron chi connectivity index (χ3n) is 5.63. The average Bonchev–Trinajstić information content (AvgIpc) is 2.74. The molecule has 0 radical (unpaired) electrons. The standard InChI is InChI=1S/C23H30N2O4/c1-24(2)18-9-7-16(8-10-18)22(25-13-5-6-17(15-25)23(26)27)20-12-11-19(28-3)14-21(20)29-4/h7-12,14,17,22H,5-6,13,15H2,1-4H3,(H,26,27). The van der Waals surface area contributed by atoms with Gasteiger partial charge in [-0.05, 0) is 49.2 Å². The van der Waals surface area contributed by atoms with Gasteiger partial charge in [0.05, 0.1) is 26.2 Å². The first-order chi connectivity index (χ1) is 13.9. The highest BCUT2D eigenvalue weighted by atomic mass is 16.5. The summed E-state index contributed by atoms with van der Waals surface area (Å²) in [5, 5.41) is 9.57. The molecule has 0 spiro atoms. The molecule has 29 heavy (non-hydrogen) atoms. The number of hydrogen-bond donors (Lipinski definition) is 1. The van der Waals surface area contributed by atoms with Crippen molar-refractivity contribution in [3.05, 3.63) is 53.6 Å². The van der Waals surface area contributed by atoms with E-state index < -0.39 is 5.97 Å². The van der Waals surface area contributed by atoms with E-state index in [2.05, 4.69) is 34.1 Å². The molecule has 0 aromatic heterocycles. The molecule has 1 N–H and O–H groups in total. The molecule has 1 heterocycles. The van der Waals surface area contributed by atoms with E-state index in [1.807, 2.05) is 32.3 Å². The number of carbonyl (C=O) groups is 1. The van der Waals surface area contributed by atoms with Crippen LogP contribution in [-0.2, 0) is 4.79 Å². The van der Waals surface area contributed by atoms with Gasteiger partial charge >= 0.3 is 5.97 Å². The average molecular weight is 399 g/mol. The summed E-state index contributed by atoms with van der Waals surface area (Å²) >= 11 is 0. The fraction of sp³-hybridized carbons (Fsp3) is 0.435. The number of hydrogen-bond acceptors (Lipinski definition) is 5. The SMILES string of the molecule is COc1ccc(C(c2ccc(N(C)C)cc2)N2CCCC(C(=O)O)C2)c(OC)c1. The number of ether oxygens (including phenoxy) is 2. The van der Waals surface area contributed by atoms with Gasteiger partial charge in [0.1, 0.15) is 11.5 Å². The van der Waals surface area contributed by atoms with E-state index in [-0.39, 0.29) is 12.0 Å². The molecule has 156 valence electrons. The van der Waals surface area contributed by atoms with Crippen molar-refractivity contribution in [2.24, 2.45) is 5.92 Å². The van der Waals surface area contributed by atoms with E-state index in [1.165, 1.54) is 0 Å². The molecule has 0 bridgehead atoms. The van der Waals surface area contributed by atoms with Crippen LogP contribution in [-0.4, -0.2) is 57.4 Å². The van der Waals surface area contributed by atoms with Crippen LogP contribution in [0.15, 0.2) is 42.5 Å². The number of nitrogens with zero attached hydrogens (tertiary/aromatic N) is 2. The molecule has 2 aromatic rings. The molecule has 0 saturated carbocycles. The molecule has 0 amide bonds. The number of likely N-dealkylation sites (tertiary alicyclic amines) is 1. The molecular formula is C23H30N2O4.